The van der Waals surface area contributed by atoms with Gasteiger partial charge in [0, 0.05) is 22.2 Å². The van der Waals surface area contributed by atoms with E-state index >= 15 is 0 Å². The van der Waals surface area contributed by atoms with Crippen molar-refractivity contribution in [3.63, 3.8) is 0 Å². The number of hydrogen-bond acceptors (Lipinski definition) is 2. The lowest BCUT2D eigenvalue weighted by atomic mass is 9.65. The van der Waals surface area contributed by atoms with E-state index in [4.69, 9.17) is 4.74 Å². The van der Waals surface area contributed by atoms with Crippen molar-refractivity contribution in [3.05, 3.63) is 95.1 Å². The zero-order valence-electron chi connectivity index (χ0n) is 18.4. The predicted octanol–water partition coefficient (Wildman–Crippen LogP) is 6.14. The molecule has 4 rings (SSSR count). The topological polar surface area (TPSA) is 29.5 Å². The van der Waals surface area contributed by atoms with Crippen LogP contribution in [0.4, 0.5) is 5.69 Å². The quantitative estimate of drug-likeness (QED) is 0.529. The molecule has 0 spiro atoms. The molecule has 1 atom stereocenters. The van der Waals surface area contributed by atoms with Gasteiger partial charge in [0.25, 0.3) is 5.91 Å². The lowest BCUT2D eigenvalue weighted by Crippen LogP contribution is -2.55. The Labute approximate surface area is 179 Å². The molecule has 1 heterocycles. The third kappa shape index (κ3) is 3.28. The van der Waals surface area contributed by atoms with E-state index in [1.165, 1.54) is 16.7 Å². The second kappa shape index (κ2) is 7.32. The van der Waals surface area contributed by atoms with Crippen LogP contribution in [-0.4, -0.2) is 18.6 Å². The highest BCUT2D eigenvalue weighted by molar-refractivity contribution is 6.08. The van der Waals surface area contributed by atoms with Crippen LogP contribution in [0.2, 0.25) is 0 Å². The molecule has 3 aromatic carbocycles. The highest BCUT2D eigenvalue weighted by Crippen LogP contribution is 2.51. The number of nitrogens with zero attached hydrogens (tertiary/aromatic N) is 1. The molecule has 0 aliphatic carbocycles. The molecule has 0 bridgehead atoms. The molecule has 154 valence electrons. The minimum atomic E-state index is -0.368. The minimum absolute atomic E-state index is 0.000820. The van der Waals surface area contributed by atoms with E-state index < -0.39 is 0 Å². The van der Waals surface area contributed by atoms with Gasteiger partial charge in [-0.2, -0.15) is 0 Å². The summed E-state index contributed by atoms with van der Waals surface area (Å²) in [6.45, 7) is 8.74. The van der Waals surface area contributed by atoms with Crippen molar-refractivity contribution in [2.45, 2.75) is 45.1 Å². The molecular weight excluding hydrogens is 370 g/mol. The average molecular weight is 400 g/mol. The Morgan fingerprint density at radius 1 is 0.933 bits per heavy atom. The summed E-state index contributed by atoms with van der Waals surface area (Å²) < 4.78 is 5.35. The number of amides is 1. The third-order valence-corrected chi connectivity index (χ3v) is 6.31. The van der Waals surface area contributed by atoms with Crippen LogP contribution < -0.4 is 9.64 Å². The van der Waals surface area contributed by atoms with Crippen molar-refractivity contribution in [2.24, 2.45) is 0 Å². The van der Waals surface area contributed by atoms with Crippen molar-refractivity contribution in [1.82, 2.24) is 0 Å². The molecule has 0 unspecified atom stereocenters. The maximum absolute atomic E-state index is 13.7. The van der Waals surface area contributed by atoms with Crippen LogP contribution >= 0.6 is 0 Å². The lowest BCUT2D eigenvalue weighted by Gasteiger charge is -2.51. The summed E-state index contributed by atoms with van der Waals surface area (Å²) >= 11 is 0. The second-order valence-corrected chi connectivity index (χ2v) is 9.08. The Hall–Kier alpha value is -3.07. The molecular formula is C27H29NO2. The minimum Gasteiger partial charge on any atom is -0.497 e. The Morgan fingerprint density at radius 2 is 1.67 bits per heavy atom. The van der Waals surface area contributed by atoms with Crippen LogP contribution in [-0.2, 0) is 5.41 Å². The van der Waals surface area contributed by atoms with E-state index in [-0.39, 0.29) is 16.9 Å². The first-order chi connectivity index (χ1) is 14.3. The molecule has 30 heavy (non-hydrogen) atoms. The maximum Gasteiger partial charge on any atom is 0.258 e. The summed E-state index contributed by atoms with van der Waals surface area (Å²) in [5.74, 6) is 0.688. The first-order valence-electron chi connectivity index (χ1n) is 10.4. The molecule has 3 aromatic rings. The van der Waals surface area contributed by atoms with Crippen molar-refractivity contribution < 1.29 is 9.53 Å². The zero-order chi connectivity index (χ0) is 21.5. The number of rotatable bonds is 3. The number of fused-ring (bicyclic) bond motifs is 1. The van der Waals surface area contributed by atoms with Crippen LogP contribution in [0, 0.1) is 6.92 Å². The first-order valence-corrected chi connectivity index (χ1v) is 10.4. The van der Waals surface area contributed by atoms with E-state index in [1.807, 2.05) is 29.2 Å². The van der Waals surface area contributed by atoms with Gasteiger partial charge in [-0.15, -0.1) is 0 Å². The van der Waals surface area contributed by atoms with Crippen molar-refractivity contribution in [2.75, 3.05) is 12.0 Å². The summed E-state index contributed by atoms with van der Waals surface area (Å²) in [5.41, 5.74) is 4.74. The summed E-state index contributed by atoms with van der Waals surface area (Å²) in [4.78, 5) is 15.7. The average Bonchev–Trinajstić information content (AvgIpc) is 2.74. The second-order valence-electron chi connectivity index (χ2n) is 9.08. The van der Waals surface area contributed by atoms with Gasteiger partial charge in [0.05, 0.1) is 7.11 Å². The van der Waals surface area contributed by atoms with E-state index in [0.29, 0.717) is 11.3 Å². The standard InChI is InChI=1S/C27H29NO2/c1-19-14-15-24-23(16-19)27(4,21-11-7-6-8-12-21)18-26(2,3)28(24)25(29)20-10-9-13-22(17-20)30-5/h6-17H,18H2,1-5H3/t27-/m0/s1. The van der Waals surface area contributed by atoms with Crippen molar-refractivity contribution in [3.8, 4) is 5.75 Å². The summed E-state index contributed by atoms with van der Waals surface area (Å²) in [5, 5.41) is 0. The number of carbonyl (C=O) groups excluding carboxylic acids is 1. The van der Waals surface area contributed by atoms with Crippen molar-refractivity contribution in [1.29, 1.82) is 0 Å². The molecule has 0 saturated carbocycles. The normalized spacial score (nSPS) is 19.8. The number of aryl methyl sites for hydroxylation is 1. The Kier molecular flexibility index (Phi) is 4.93. The van der Waals surface area contributed by atoms with Crippen LogP contribution in [0.5, 0.6) is 5.75 Å². The van der Waals surface area contributed by atoms with Gasteiger partial charge in [0.15, 0.2) is 0 Å². The largest absolute Gasteiger partial charge is 0.497 e. The van der Waals surface area contributed by atoms with Crippen LogP contribution in [0.15, 0.2) is 72.8 Å². The highest BCUT2D eigenvalue weighted by Gasteiger charge is 2.47. The van der Waals surface area contributed by atoms with Crippen LogP contribution in [0.25, 0.3) is 0 Å². The molecule has 3 nitrogen and oxygen atoms in total. The fraction of sp³-hybridized carbons (Fsp3) is 0.296. The van der Waals surface area contributed by atoms with Crippen LogP contribution in [0.1, 0.15) is 54.2 Å². The van der Waals surface area contributed by atoms with Gasteiger partial charge in [0.2, 0.25) is 0 Å². The highest BCUT2D eigenvalue weighted by atomic mass is 16.5. The SMILES string of the molecule is COc1cccc(C(=O)N2c3ccc(C)cc3[C@](C)(c3ccccc3)CC2(C)C)c1. The predicted molar refractivity (Wildman–Crippen MR) is 123 cm³/mol. The molecule has 1 aliphatic rings. The molecule has 0 fully saturated rings. The molecule has 0 radical (unpaired) electrons. The summed E-state index contributed by atoms with van der Waals surface area (Å²) in [7, 11) is 1.62. The number of hydrogen-bond donors (Lipinski definition) is 0. The van der Waals surface area contributed by atoms with Gasteiger partial charge >= 0.3 is 0 Å². The van der Waals surface area contributed by atoms with Gasteiger partial charge in [-0.3, -0.25) is 4.79 Å². The monoisotopic (exact) mass is 399 g/mol. The Morgan fingerprint density at radius 3 is 2.37 bits per heavy atom. The number of benzene rings is 3. The smallest absolute Gasteiger partial charge is 0.258 e. The molecule has 1 aliphatic heterocycles. The Bertz CT molecular complexity index is 1090. The Balaban J connectivity index is 1.90. The molecule has 0 aromatic heterocycles. The van der Waals surface area contributed by atoms with Gasteiger partial charge in [0.1, 0.15) is 5.75 Å². The third-order valence-electron chi connectivity index (χ3n) is 6.31. The summed E-state index contributed by atoms with van der Waals surface area (Å²) in [6, 6.07) is 24.5. The molecule has 3 heteroatoms. The van der Waals surface area contributed by atoms with E-state index in [9.17, 15) is 4.79 Å². The summed E-state index contributed by atoms with van der Waals surface area (Å²) in [6.07, 6.45) is 0.830. The van der Waals surface area contributed by atoms with Gasteiger partial charge in [-0.1, -0.05) is 61.0 Å². The number of anilines is 1. The molecule has 1 amide bonds. The number of carbonyl (C=O) groups is 1. The van der Waals surface area contributed by atoms with Gasteiger partial charge in [-0.25, -0.2) is 0 Å². The van der Waals surface area contributed by atoms with Crippen LogP contribution in [0.3, 0.4) is 0 Å². The van der Waals surface area contributed by atoms with Crippen molar-refractivity contribution >= 4 is 11.6 Å². The van der Waals surface area contributed by atoms with E-state index in [1.54, 1.807) is 7.11 Å². The van der Waals surface area contributed by atoms with E-state index in [0.717, 1.165) is 12.1 Å². The molecule has 0 saturated heterocycles. The fourth-order valence-corrected chi connectivity index (χ4v) is 4.99. The van der Waals surface area contributed by atoms with Gasteiger partial charge < -0.3 is 9.64 Å². The lowest BCUT2D eigenvalue weighted by molar-refractivity contribution is 0.0948. The zero-order valence-corrected chi connectivity index (χ0v) is 18.4. The number of methoxy groups -OCH3 is 1. The maximum atomic E-state index is 13.7. The molecule has 0 N–H and O–H groups in total. The van der Waals surface area contributed by atoms with E-state index in [2.05, 4.69) is 76.2 Å². The fourth-order valence-electron chi connectivity index (χ4n) is 4.99. The van der Waals surface area contributed by atoms with Gasteiger partial charge in [-0.05, 0) is 62.6 Å². The number of ether oxygens (including phenoxy) is 1. The first kappa shape index (κ1) is 20.2.